The fourth-order valence-electron chi connectivity index (χ4n) is 0.584. The highest BCUT2D eigenvalue weighted by Gasteiger charge is 2.12. The van der Waals surface area contributed by atoms with Crippen LogP contribution in [0.2, 0.25) is 0 Å². The van der Waals surface area contributed by atoms with E-state index in [1.807, 2.05) is 0 Å². The molecule has 1 fully saturated rings. The van der Waals surface area contributed by atoms with Crippen LogP contribution in [0.4, 0.5) is 0 Å². The molecule has 0 aromatic rings. The third-order valence-corrected chi connectivity index (χ3v) is 1.02. The molecule has 0 aromatic heterocycles. The van der Waals surface area contributed by atoms with E-state index in [9.17, 15) is 0 Å². The largest absolute Gasteiger partial charge is 0.394 e. The molecule has 3 heteroatoms. The van der Waals surface area contributed by atoms with Crippen LogP contribution < -0.4 is 5.48 Å². The molecular weight excluding hydrogens is 94.0 g/mol. The number of hydrogen-bond acceptors (Lipinski definition) is 3. The van der Waals surface area contributed by atoms with Gasteiger partial charge in [-0.2, -0.15) is 0 Å². The predicted molar refractivity (Wildman–Crippen MR) is 24.6 cm³/mol. The fourth-order valence-corrected chi connectivity index (χ4v) is 0.584. The van der Waals surface area contributed by atoms with E-state index in [0.717, 1.165) is 13.0 Å². The van der Waals surface area contributed by atoms with Crippen LogP contribution in [0.5, 0.6) is 0 Å². The third-order valence-electron chi connectivity index (χ3n) is 1.02. The predicted octanol–water partition coefficient (Wildman–Crippen LogP) is -0.728. The van der Waals surface area contributed by atoms with Crippen LogP contribution in [-0.4, -0.2) is 24.4 Å². The Balaban J connectivity index is 2.14. The van der Waals surface area contributed by atoms with Gasteiger partial charge in [0.25, 0.3) is 0 Å². The van der Waals surface area contributed by atoms with Gasteiger partial charge in [0.05, 0.1) is 6.61 Å². The molecule has 1 aliphatic rings. The summed E-state index contributed by atoms with van der Waals surface area (Å²) in [5.74, 6) is 0. The van der Waals surface area contributed by atoms with Gasteiger partial charge in [-0.25, -0.2) is 5.48 Å². The van der Waals surface area contributed by atoms with Crippen molar-refractivity contribution in [3.63, 3.8) is 0 Å². The van der Waals surface area contributed by atoms with Gasteiger partial charge < -0.3 is 5.11 Å². The molecule has 0 bridgehead atoms. The van der Waals surface area contributed by atoms with E-state index in [1.165, 1.54) is 0 Å². The molecule has 42 valence electrons. The number of hydroxylamine groups is 1. The summed E-state index contributed by atoms with van der Waals surface area (Å²) in [5, 5.41) is 8.40. The lowest BCUT2D eigenvalue weighted by molar-refractivity contribution is 0.00197. The van der Waals surface area contributed by atoms with Gasteiger partial charge in [-0.05, 0) is 6.42 Å². The molecular formula is C4H9NO2. The Bertz CT molecular complexity index is 51.7. The van der Waals surface area contributed by atoms with E-state index >= 15 is 0 Å². The average molecular weight is 103 g/mol. The maximum atomic E-state index is 8.40. The average Bonchev–Trinajstić information content (AvgIpc) is 2.14. The molecule has 3 nitrogen and oxygen atoms in total. The highest BCUT2D eigenvalue weighted by Crippen LogP contribution is 1.99. The fraction of sp³-hybridized carbons (Fsp3) is 1.00. The van der Waals surface area contributed by atoms with Crippen molar-refractivity contribution in [1.29, 1.82) is 0 Å². The van der Waals surface area contributed by atoms with Gasteiger partial charge in [0.1, 0.15) is 6.10 Å². The smallest absolute Gasteiger partial charge is 0.103 e. The Morgan fingerprint density at radius 2 is 2.71 bits per heavy atom. The molecule has 1 atom stereocenters. The number of hydrogen-bond donors (Lipinski definition) is 2. The van der Waals surface area contributed by atoms with Crippen LogP contribution in [0.15, 0.2) is 0 Å². The van der Waals surface area contributed by atoms with Crippen molar-refractivity contribution >= 4 is 0 Å². The van der Waals surface area contributed by atoms with E-state index in [4.69, 9.17) is 9.94 Å². The van der Waals surface area contributed by atoms with Crippen LogP contribution in [0.3, 0.4) is 0 Å². The number of rotatable bonds is 1. The number of aliphatic hydroxyl groups excluding tert-OH is 1. The van der Waals surface area contributed by atoms with E-state index < -0.39 is 0 Å². The minimum atomic E-state index is 0.0417. The zero-order chi connectivity index (χ0) is 5.11. The van der Waals surface area contributed by atoms with Gasteiger partial charge >= 0.3 is 0 Å². The molecule has 0 spiro atoms. The van der Waals surface area contributed by atoms with Crippen molar-refractivity contribution in [2.75, 3.05) is 13.2 Å². The lowest BCUT2D eigenvalue weighted by Gasteiger charge is -1.99. The molecule has 0 amide bonds. The summed E-state index contributed by atoms with van der Waals surface area (Å²) in [6, 6.07) is 0. The maximum Gasteiger partial charge on any atom is 0.103 e. The topological polar surface area (TPSA) is 41.5 Å². The van der Waals surface area contributed by atoms with Crippen molar-refractivity contribution < 1.29 is 9.94 Å². The monoisotopic (exact) mass is 103 g/mol. The van der Waals surface area contributed by atoms with Crippen LogP contribution >= 0.6 is 0 Å². The first-order chi connectivity index (χ1) is 3.43. The SMILES string of the molecule is OC[C@H]1CCNO1. The molecule has 0 aromatic carbocycles. The molecule has 1 rings (SSSR count). The standard InChI is InChI=1S/C4H9NO2/c6-3-4-1-2-5-7-4/h4-6H,1-3H2/t4-/m1/s1. The Morgan fingerprint density at radius 1 is 1.86 bits per heavy atom. The molecule has 1 heterocycles. The van der Waals surface area contributed by atoms with Crippen molar-refractivity contribution in [2.45, 2.75) is 12.5 Å². The third kappa shape index (κ3) is 1.12. The van der Waals surface area contributed by atoms with E-state index in [-0.39, 0.29) is 12.7 Å². The van der Waals surface area contributed by atoms with Crippen LogP contribution in [0.25, 0.3) is 0 Å². The van der Waals surface area contributed by atoms with Gasteiger partial charge in [-0.3, -0.25) is 4.84 Å². The molecule has 7 heavy (non-hydrogen) atoms. The van der Waals surface area contributed by atoms with Gasteiger partial charge in [0, 0.05) is 6.54 Å². The van der Waals surface area contributed by atoms with Crippen molar-refractivity contribution in [3.05, 3.63) is 0 Å². The summed E-state index contributed by atoms with van der Waals surface area (Å²) >= 11 is 0. The molecule has 1 aliphatic heterocycles. The lowest BCUT2D eigenvalue weighted by atomic mass is 10.3. The van der Waals surface area contributed by atoms with E-state index in [0.29, 0.717) is 0 Å². The van der Waals surface area contributed by atoms with Crippen LogP contribution in [0, 0.1) is 0 Å². The van der Waals surface area contributed by atoms with Crippen molar-refractivity contribution in [1.82, 2.24) is 5.48 Å². The summed E-state index contributed by atoms with van der Waals surface area (Å²) in [7, 11) is 0. The second kappa shape index (κ2) is 2.26. The summed E-state index contributed by atoms with van der Waals surface area (Å²) in [6.45, 7) is 0.998. The van der Waals surface area contributed by atoms with Gasteiger partial charge in [-0.1, -0.05) is 0 Å². The minimum Gasteiger partial charge on any atom is -0.394 e. The Morgan fingerprint density at radius 3 is 3.00 bits per heavy atom. The van der Waals surface area contributed by atoms with Crippen molar-refractivity contribution in [2.24, 2.45) is 0 Å². The summed E-state index contributed by atoms with van der Waals surface area (Å²) in [6.07, 6.45) is 0.969. The van der Waals surface area contributed by atoms with E-state index in [2.05, 4.69) is 5.48 Å². The second-order valence-corrected chi connectivity index (χ2v) is 1.61. The first-order valence-electron chi connectivity index (χ1n) is 2.43. The first kappa shape index (κ1) is 5.03. The summed E-state index contributed by atoms with van der Waals surface area (Å²) in [4.78, 5) is 4.80. The highest BCUT2D eigenvalue weighted by molar-refractivity contribution is 4.59. The Hall–Kier alpha value is -0.120. The van der Waals surface area contributed by atoms with Gasteiger partial charge in [-0.15, -0.1) is 0 Å². The van der Waals surface area contributed by atoms with Gasteiger partial charge in [0.15, 0.2) is 0 Å². The second-order valence-electron chi connectivity index (χ2n) is 1.61. The molecule has 0 unspecified atom stereocenters. The summed E-state index contributed by atoms with van der Waals surface area (Å²) in [5.41, 5.74) is 2.66. The maximum absolute atomic E-state index is 8.40. The van der Waals surface area contributed by atoms with Gasteiger partial charge in [0.2, 0.25) is 0 Å². The number of aliphatic hydroxyl groups is 1. The molecule has 0 aliphatic carbocycles. The van der Waals surface area contributed by atoms with E-state index in [1.54, 1.807) is 0 Å². The summed E-state index contributed by atoms with van der Waals surface area (Å²) < 4.78 is 0. The Kier molecular flexibility index (Phi) is 1.62. The lowest BCUT2D eigenvalue weighted by Crippen LogP contribution is -2.13. The van der Waals surface area contributed by atoms with Crippen LogP contribution in [-0.2, 0) is 4.84 Å². The molecule has 0 saturated carbocycles. The molecule has 0 radical (unpaired) electrons. The minimum absolute atomic E-state index is 0.0417. The number of nitrogens with one attached hydrogen (secondary N) is 1. The zero-order valence-corrected chi connectivity index (χ0v) is 4.05. The molecule has 2 N–H and O–H groups in total. The zero-order valence-electron chi connectivity index (χ0n) is 4.05. The Labute approximate surface area is 42.2 Å². The normalized spacial score (nSPS) is 31.3. The van der Waals surface area contributed by atoms with Crippen molar-refractivity contribution in [3.8, 4) is 0 Å². The quantitative estimate of drug-likeness (QED) is 0.460. The molecule has 1 saturated heterocycles. The highest BCUT2D eigenvalue weighted by atomic mass is 16.7. The van der Waals surface area contributed by atoms with Crippen LogP contribution in [0.1, 0.15) is 6.42 Å². The first-order valence-corrected chi connectivity index (χ1v) is 2.43.